The number of aryl methyl sites for hydroxylation is 1. The number of ketones is 1. The number of nitrogens with one attached hydrogen (secondary N) is 1. The number of carbonyl (C=O) groups is 2. The van der Waals surface area contributed by atoms with Crippen LogP contribution < -0.4 is 5.32 Å². The van der Waals surface area contributed by atoms with E-state index in [9.17, 15) is 9.59 Å². The number of rotatable bonds is 5. The zero-order valence-corrected chi connectivity index (χ0v) is 16.1. The van der Waals surface area contributed by atoms with Gasteiger partial charge in [-0.3, -0.25) is 9.59 Å². The zero-order valence-electron chi connectivity index (χ0n) is 15.3. The molecular formula is C21H28N2O2S. The molecule has 3 atom stereocenters. The second-order valence-corrected chi connectivity index (χ2v) is 8.92. The molecule has 1 aromatic carbocycles. The number of hydrogen-bond acceptors (Lipinski definition) is 4. The molecule has 1 aliphatic carbocycles. The Morgan fingerprint density at radius 2 is 2.04 bits per heavy atom. The van der Waals surface area contributed by atoms with Gasteiger partial charge in [0.15, 0.2) is 0 Å². The first-order valence-corrected chi connectivity index (χ1v) is 11.1. The molecule has 4 rings (SSSR count). The number of thioether (sulfide) groups is 1. The van der Waals surface area contributed by atoms with Crippen molar-refractivity contribution in [1.82, 2.24) is 10.2 Å². The summed E-state index contributed by atoms with van der Waals surface area (Å²) in [6.07, 6.45) is 5.81. The molecule has 2 saturated heterocycles. The summed E-state index contributed by atoms with van der Waals surface area (Å²) in [7, 11) is 0. The Balaban J connectivity index is 1.31. The Morgan fingerprint density at radius 1 is 1.19 bits per heavy atom. The maximum absolute atomic E-state index is 12.8. The zero-order chi connectivity index (χ0) is 17.9. The highest BCUT2D eigenvalue weighted by molar-refractivity contribution is 7.99. The van der Waals surface area contributed by atoms with Gasteiger partial charge in [-0.05, 0) is 55.7 Å². The summed E-state index contributed by atoms with van der Waals surface area (Å²) in [6, 6.07) is 8.41. The summed E-state index contributed by atoms with van der Waals surface area (Å²) in [5.74, 6) is 2.70. The van der Waals surface area contributed by atoms with Gasteiger partial charge in [0, 0.05) is 24.6 Å². The molecule has 0 saturated carbocycles. The topological polar surface area (TPSA) is 49.4 Å². The van der Waals surface area contributed by atoms with E-state index in [-0.39, 0.29) is 17.9 Å². The van der Waals surface area contributed by atoms with Gasteiger partial charge in [-0.2, -0.15) is 0 Å². The van der Waals surface area contributed by atoms with E-state index in [4.69, 9.17) is 0 Å². The molecular weight excluding hydrogens is 344 g/mol. The van der Waals surface area contributed by atoms with Crippen LogP contribution in [0.1, 0.15) is 36.8 Å². The molecule has 1 N–H and O–H groups in total. The van der Waals surface area contributed by atoms with Crippen molar-refractivity contribution in [2.45, 2.75) is 44.6 Å². The monoisotopic (exact) mass is 372 g/mol. The molecule has 0 radical (unpaired) electrons. The third-order valence-corrected chi connectivity index (χ3v) is 7.18. The summed E-state index contributed by atoms with van der Waals surface area (Å²) in [5.41, 5.74) is 2.93. The van der Waals surface area contributed by atoms with Gasteiger partial charge in [0.05, 0.1) is 11.9 Å². The van der Waals surface area contributed by atoms with Crippen molar-refractivity contribution in [2.75, 3.05) is 24.7 Å². The van der Waals surface area contributed by atoms with Crippen molar-refractivity contribution in [3.05, 3.63) is 35.4 Å². The van der Waals surface area contributed by atoms with Crippen LogP contribution in [0.2, 0.25) is 0 Å². The predicted octanol–water partition coefficient (Wildman–Crippen LogP) is 2.65. The van der Waals surface area contributed by atoms with E-state index in [2.05, 4.69) is 29.6 Å². The van der Waals surface area contributed by atoms with E-state index in [1.807, 2.05) is 4.90 Å². The van der Waals surface area contributed by atoms with Gasteiger partial charge in [-0.15, -0.1) is 11.8 Å². The summed E-state index contributed by atoms with van der Waals surface area (Å²) < 4.78 is 0. The normalized spacial score (nSPS) is 28.2. The van der Waals surface area contributed by atoms with Crippen molar-refractivity contribution in [3.8, 4) is 0 Å². The molecule has 0 aromatic heterocycles. The van der Waals surface area contributed by atoms with Crippen LogP contribution in [-0.2, 0) is 22.4 Å². The third kappa shape index (κ3) is 3.84. The number of benzene rings is 1. The fourth-order valence-corrected chi connectivity index (χ4v) is 5.60. The molecule has 1 aromatic rings. The quantitative estimate of drug-likeness (QED) is 0.863. The average Bonchev–Trinajstić information content (AvgIpc) is 3.37. The SMILES string of the molecule is O=C(CCC1CCc2ccccc2C1)C1CCN[C@H]1C(=O)N1CCSC1. The first kappa shape index (κ1) is 18.1. The van der Waals surface area contributed by atoms with Crippen molar-refractivity contribution in [2.24, 2.45) is 11.8 Å². The molecule has 140 valence electrons. The lowest BCUT2D eigenvalue weighted by molar-refractivity contribution is -0.136. The van der Waals surface area contributed by atoms with Gasteiger partial charge in [-0.1, -0.05) is 24.3 Å². The van der Waals surface area contributed by atoms with Crippen LogP contribution >= 0.6 is 11.8 Å². The molecule has 0 bridgehead atoms. The Labute approximate surface area is 160 Å². The van der Waals surface area contributed by atoms with E-state index >= 15 is 0 Å². The second kappa shape index (κ2) is 8.13. The smallest absolute Gasteiger partial charge is 0.241 e. The fourth-order valence-electron chi connectivity index (χ4n) is 4.65. The molecule has 2 heterocycles. The van der Waals surface area contributed by atoms with Gasteiger partial charge in [0.1, 0.15) is 5.78 Å². The average molecular weight is 373 g/mol. The highest BCUT2D eigenvalue weighted by Gasteiger charge is 2.39. The highest BCUT2D eigenvalue weighted by Crippen LogP contribution is 2.30. The van der Waals surface area contributed by atoms with Gasteiger partial charge < -0.3 is 10.2 Å². The largest absolute Gasteiger partial charge is 0.331 e. The first-order valence-electron chi connectivity index (χ1n) is 9.92. The van der Waals surface area contributed by atoms with Crippen LogP contribution in [-0.4, -0.2) is 47.4 Å². The molecule has 26 heavy (non-hydrogen) atoms. The molecule has 0 spiro atoms. The highest BCUT2D eigenvalue weighted by atomic mass is 32.2. The number of nitrogens with zero attached hydrogens (tertiary/aromatic N) is 1. The van der Waals surface area contributed by atoms with Gasteiger partial charge in [0.25, 0.3) is 0 Å². The fraction of sp³-hybridized carbons (Fsp3) is 0.619. The summed E-state index contributed by atoms with van der Waals surface area (Å²) in [6.45, 7) is 1.61. The minimum Gasteiger partial charge on any atom is -0.331 e. The minimum absolute atomic E-state index is 0.121. The summed E-state index contributed by atoms with van der Waals surface area (Å²) in [5, 5.41) is 3.29. The van der Waals surface area contributed by atoms with Crippen molar-refractivity contribution >= 4 is 23.5 Å². The second-order valence-electron chi connectivity index (χ2n) is 7.85. The standard InChI is InChI=1S/C21H28N2O2S/c24-19(8-6-15-5-7-16-3-1-2-4-17(16)13-15)18-9-10-22-20(18)21(25)23-11-12-26-14-23/h1-4,15,18,20,22H,5-14H2/t15?,18?,20-/m1/s1. The molecule has 2 aliphatic heterocycles. The summed E-state index contributed by atoms with van der Waals surface area (Å²) in [4.78, 5) is 27.5. The van der Waals surface area contributed by atoms with Crippen LogP contribution in [0.4, 0.5) is 0 Å². The van der Waals surface area contributed by atoms with Gasteiger partial charge in [0.2, 0.25) is 5.91 Å². The van der Waals surface area contributed by atoms with E-state index in [1.165, 1.54) is 17.5 Å². The molecule has 2 unspecified atom stereocenters. The lowest BCUT2D eigenvalue weighted by Crippen LogP contribution is -2.47. The lowest BCUT2D eigenvalue weighted by atomic mass is 9.80. The Morgan fingerprint density at radius 3 is 2.85 bits per heavy atom. The van der Waals surface area contributed by atoms with Crippen molar-refractivity contribution in [3.63, 3.8) is 0 Å². The Kier molecular flexibility index (Phi) is 5.65. The van der Waals surface area contributed by atoms with Crippen LogP contribution in [0.25, 0.3) is 0 Å². The number of hydrogen-bond donors (Lipinski definition) is 1. The van der Waals surface area contributed by atoms with Crippen LogP contribution in [0, 0.1) is 11.8 Å². The maximum Gasteiger partial charge on any atom is 0.241 e. The number of amides is 1. The van der Waals surface area contributed by atoms with Crippen molar-refractivity contribution in [1.29, 1.82) is 0 Å². The third-order valence-electron chi connectivity index (χ3n) is 6.21. The van der Waals surface area contributed by atoms with Gasteiger partial charge in [-0.25, -0.2) is 0 Å². The molecule has 1 amide bonds. The number of Topliss-reactive ketones (excluding diaryl/α,β-unsaturated/α-hetero) is 1. The molecule has 2 fully saturated rings. The number of carbonyl (C=O) groups excluding carboxylic acids is 2. The molecule has 5 heteroatoms. The molecule has 4 nitrogen and oxygen atoms in total. The maximum atomic E-state index is 12.8. The molecule has 3 aliphatic rings. The van der Waals surface area contributed by atoms with E-state index in [0.717, 1.165) is 50.4 Å². The van der Waals surface area contributed by atoms with E-state index in [1.54, 1.807) is 11.8 Å². The van der Waals surface area contributed by atoms with E-state index in [0.29, 0.717) is 18.1 Å². The Hall–Kier alpha value is -1.33. The van der Waals surface area contributed by atoms with Crippen LogP contribution in [0.15, 0.2) is 24.3 Å². The minimum atomic E-state index is -0.284. The summed E-state index contributed by atoms with van der Waals surface area (Å²) >= 11 is 1.79. The predicted molar refractivity (Wildman–Crippen MR) is 105 cm³/mol. The number of fused-ring (bicyclic) bond motifs is 1. The van der Waals surface area contributed by atoms with Crippen LogP contribution in [0.5, 0.6) is 0 Å². The van der Waals surface area contributed by atoms with Gasteiger partial charge >= 0.3 is 0 Å². The Bertz CT molecular complexity index is 672. The first-order chi connectivity index (χ1) is 12.7. The van der Waals surface area contributed by atoms with E-state index < -0.39 is 0 Å². The lowest BCUT2D eigenvalue weighted by Gasteiger charge is -2.26. The van der Waals surface area contributed by atoms with Crippen molar-refractivity contribution < 1.29 is 9.59 Å². The van der Waals surface area contributed by atoms with Crippen LogP contribution in [0.3, 0.4) is 0 Å².